The second-order valence-electron chi connectivity index (χ2n) is 4.23. The van der Waals surface area contributed by atoms with Crippen LogP contribution in [-0.2, 0) is 9.09 Å². The van der Waals surface area contributed by atoms with Crippen LogP contribution in [0.1, 0.15) is 34.1 Å². The normalized spacial score (nSPS) is 46.4. The number of aliphatic hydroxyl groups is 1. The largest absolute Gasteiger partial charge is 0.380 e. The predicted molar refractivity (Wildman–Crippen MR) is 48.6 cm³/mol. The topological polar surface area (TPSA) is 46.5 Å². The van der Waals surface area contributed by atoms with E-state index in [1.165, 1.54) is 0 Å². The van der Waals surface area contributed by atoms with Gasteiger partial charge in [0.2, 0.25) is 7.37 Å². The molecule has 1 rings (SSSR count). The standard InChI is InChI=1S/C8H17O3P/c1-5-12(10)8(4,9)6-7(2,3)11-12/h9H,5-6H2,1-4H3. The Morgan fingerprint density at radius 3 is 2.17 bits per heavy atom. The fourth-order valence-corrected chi connectivity index (χ4v) is 4.35. The van der Waals surface area contributed by atoms with Gasteiger partial charge in [-0.05, 0) is 20.8 Å². The summed E-state index contributed by atoms with van der Waals surface area (Å²) in [6, 6.07) is 0. The van der Waals surface area contributed by atoms with Crippen molar-refractivity contribution in [2.75, 3.05) is 6.16 Å². The smallest absolute Gasteiger partial charge is 0.233 e. The van der Waals surface area contributed by atoms with Gasteiger partial charge < -0.3 is 9.63 Å². The van der Waals surface area contributed by atoms with E-state index in [2.05, 4.69) is 0 Å². The van der Waals surface area contributed by atoms with Gasteiger partial charge in [-0.2, -0.15) is 0 Å². The van der Waals surface area contributed by atoms with Crippen LogP contribution in [0.25, 0.3) is 0 Å². The first-order valence-electron chi connectivity index (χ1n) is 4.25. The van der Waals surface area contributed by atoms with Crippen LogP contribution in [0, 0.1) is 0 Å². The molecule has 0 radical (unpaired) electrons. The highest BCUT2D eigenvalue weighted by Crippen LogP contribution is 2.67. The Bertz CT molecular complexity index is 232. The van der Waals surface area contributed by atoms with Crippen molar-refractivity contribution in [3.8, 4) is 0 Å². The Labute approximate surface area is 73.6 Å². The number of hydrogen-bond donors (Lipinski definition) is 1. The summed E-state index contributed by atoms with van der Waals surface area (Å²) >= 11 is 0. The van der Waals surface area contributed by atoms with Crippen molar-refractivity contribution in [1.29, 1.82) is 0 Å². The molecule has 1 fully saturated rings. The lowest BCUT2D eigenvalue weighted by Gasteiger charge is -2.22. The molecule has 0 aliphatic carbocycles. The van der Waals surface area contributed by atoms with E-state index in [1.54, 1.807) is 13.8 Å². The summed E-state index contributed by atoms with van der Waals surface area (Å²) in [7, 11) is -2.82. The lowest BCUT2D eigenvalue weighted by molar-refractivity contribution is 0.0932. The minimum atomic E-state index is -2.82. The average Bonchev–Trinajstić information content (AvgIpc) is 1.98. The Morgan fingerprint density at radius 1 is 1.50 bits per heavy atom. The predicted octanol–water partition coefficient (Wildman–Crippen LogP) is 2.19. The van der Waals surface area contributed by atoms with Crippen LogP contribution in [-0.4, -0.2) is 22.2 Å². The van der Waals surface area contributed by atoms with E-state index >= 15 is 0 Å². The van der Waals surface area contributed by atoms with Crippen LogP contribution in [0.4, 0.5) is 0 Å². The van der Waals surface area contributed by atoms with Crippen LogP contribution in [0.3, 0.4) is 0 Å². The molecule has 12 heavy (non-hydrogen) atoms. The third-order valence-corrected chi connectivity index (χ3v) is 5.55. The van der Waals surface area contributed by atoms with Gasteiger partial charge in [-0.25, -0.2) is 0 Å². The van der Waals surface area contributed by atoms with Gasteiger partial charge in [0, 0.05) is 12.6 Å². The Morgan fingerprint density at radius 2 is 2.00 bits per heavy atom. The van der Waals surface area contributed by atoms with E-state index in [-0.39, 0.29) is 0 Å². The fourth-order valence-electron chi connectivity index (χ4n) is 1.86. The lowest BCUT2D eigenvalue weighted by atomic mass is 10.0. The number of hydrogen-bond acceptors (Lipinski definition) is 3. The molecule has 1 aliphatic heterocycles. The van der Waals surface area contributed by atoms with Crippen LogP contribution < -0.4 is 0 Å². The molecule has 0 amide bonds. The van der Waals surface area contributed by atoms with Crippen molar-refractivity contribution in [3.05, 3.63) is 0 Å². The second-order valence-corrected chi connectivity index (χ2v) is 7.36. The molecule has 72 valence electrons. The van der Waals surface area contributed by atoms with Crippen molar-refractivity contribution in [3.63, 3.8) is 0 Å². The molecule has 1 heterocycles. The van der Waals surface area contributed by atoms with Crippen molar-refractivity contribution >= 4 is 7.37 Å². The summed E-state index contributed by atoms with van der Waals surface area (Å²) < 4.78 is 17.4. The van der Waals surface area contributed by atoms with Gasteiger partial charge in [-0.1, -0.05) is 6.92 Å². The van der Waals surface area contributed by atoms with E-state index in [0.717, 1.165) is 0 Å². The maximum Gasteiger partial charge on any atom is 0.233 e. The van der Waals surface area contributed by atoms with Crippen molar-refractivity contribution in [2.24, 2.45) is 0 Å². The van der Waals surface area contributed by atoms with Gasteiger partial charge in [0.15, 0.2) is 0 Å². The maximum absolute atomic E-state index is 12.0. The summed E-state index contributed by atoms with van der Waals surface area (Å²) in [5, 5.41) is 8.73. The molecule has 0 saturated carbocycles. The Hall–Kier alpha value is 0.150. The van der Waals surface area contributed by atoms with Crippen molar-refractivity contribution < 1.29 is 14.2 Å². The van der Waals surface area contributed by atoms with Gasteiger partial charge in [0.25, 0.3) is 0 Å². The van der Waals surface area contributed by atoms with E-state index in [0.29, 0.717) is 12.6 Å². The minimum Gasteiger partial charge on any atom is -0.380 e. The first kappa shape index (κ1) is 10.2. The zero-order valence-electron chi connectivity index (χ0n) is 8.13. The quantitative estimate of drug-likeness (QED) is 0.648. The third-order valence-electron chi connectivity index (χ3n) is 2.31. The van der Waals surface area contributed by atoms with E-state index < -0.39 is 18.3 Å². The Balaban J connectivity index is 3.00. The molecule has 4 heteroatoms. The summed E-state index contributed by atoms with van der Waals surface area (Å²) in [5.41, 5.74) is -0.449. The zero-order chi connectivity index (χ0) is 9.62. The SMILES string of the molecule is CCP1(=O)OC(C)(C)CC1(C)O. The average molecular weight is 192 g/mol. The molecule has 2 atom stereocenters. The molecule has 1 N–H and O–H groups in total. The molecule has 1 saturated heterocycles. The third kappa shape index (κ3) is 1.46. The van der Waals surface area contributed by atoms with Crippen LogP contribution in [0.2, 0.25) is 0 Å². The van der Waals surface area contributed by atoms with Gasteiger partial charge >= 0.3 is 0 Å². The summed E-state index contributed by atoms with van der Waals surface area (Å²) in [6.07, 6.45) is 0.856. The van der Waals surface area contributed by atoms with E-state index in [9.17, 15) is 9.67 Å². The van der Waals surface area contributed by atoms with Crippen LogP contribution in [0.5, 0.6) is 0 Å². The molecule has 3 nitrogen and oxygen atoms in total. The summed E-state index contributed by atoms with van der Waals surface area (Å²) in [4.78, 5) is 0. The molecular formula is C8H17O3P. The van der Waals surface area contributed by atoms with E-state index in [1.807, 2.05) is 13.8 Å². The molecule has 0 aromatic carbocycles. The highest BCUT2D eigenvalue weighted by atomic mass is 31.2. The monoisotopic (exact) mass is 192 g/mol. The molecular weight excluding hydrogens is 175 g/mol. The van der Waals surface area contributed by atoms with Crippen molar-refractivity contribution in [1.82, 2.24) is 0 Å². The van der Waals surface area contributed by atoms with Crippen LogP contribution >= 0.6 is 7.37 Å². The molecule has 1 aliphatic rings. The highest BCUT2D eigenvalue weighted by molar-refractivity contribution is 7.60. The van der Waals surface area contributed by atoms with Gasteiger partial charge in [0.05, 0.1) is 5.60 Å². The lowest BCUT2D eigenvalue weighted by Crippen LogP contribution is -2.24. The molecule has 2 unspecified atom stereocenters. The molecule has 0 bridgehead atoms. The summed E-state index contributed by atoms with van der Waals surface area (Å²) in [5.74, 6) is 0. The van der Waals surface area contributed by atoms with E-state index in [4.69, 9.17) is 4.52 Å². The summed E-state index contributed by atoms with van der Waals surface area (Å²) in [6.45, 7) is 7.11. The molecule has 0 aromatic heterocycles. The molecule has 0 aromatic rings. The highest BCUT2D eigenvalue weighted by Gasteiger charge is 2.55. The second kappa shape index (κ2) is 2.57. The fraction of sp³-hybridized carbons (Fsp3) is 1.00. The zero-order valence-corrected chi connectivity index (χ0v) is 9.02. The first-order chi connectivity index (χ1) is 5.22. The van der Waals surface area contributed by atoms with Crippen molar-refractivity contribution in [2.45, 2.75) is 45.1 Å². The van der Waals surface area contributed by atoms with Gasteiger partial charge in [0.1, 0.15) is 5.34 Å². The Kier molecular flexibility index (Phi) is 2.19. The molecule has 0 spiro atoms. The first-order valence-corrected chi connectivity index (χ1v) is 6.06. The van der Waals surface area contributed by atoms with Crippen LogP contribution in [0.15, 0.2) is 0 Å². The number of rotatable bonds is 1. The van der Waals surface area contributed by atoms with Gasteiger partial charge in [-0.3, -0.25) is 4.57 Å². The minimum absolute atomic E-state index is 0.406. The maximum atomic E-state index is 12.0. The van der Waals surface area contributed by atoms with Gasteiger partial charge in [-0.15, -0.1) is 0 Å².